The molecule has 0 aliphatic heterocycles. The van der Waals surface area contributed by atoms with Crippen LogP contribution in [0, 0.1) is 13.8 Å². The lowest BCUT2D eigenvalue weighted by Crippen LogP contribution is -2.44. The number of carbonyl (C=O) groups excluding carboxylic acids is 1. The molecule has 0 spiro atoms. The summed E-state index contributed by atoms with van der Waals surface area (Å²) in [5, 5.41) is 0.883. The highest BCUT2D eigenvalue weighted by atomic mass is 35.5. The summed E-state index contributed by atoms with van der Waals surface area (Å²) in [5.74, 6) is 0.253. The quantitative estimate of drug-likeness (QED) is 0.657. The number of anilines is 1. The van der Waals surface area contributed by atoms with Gasteiger partial charge in [-0.05, 0) is 50.1 Å². The minimum atomic E-state index is -0.169. The SMILES string of the molecule is COC[C@H](C)N(C(=O)COc1ccc(Cl)cc1Cl)c1c(C)cccc1C. The number of carbonyl (C=O) groups is 1. The molecule has 0 aliphatic rings. The molecule has 0 saturated heterocycles. The number of rotatable bonds is 7. The molecule has 2 aromatic rings. The molecule has 0 fully saturated rings. The van der Waals surface area contributed by atoms with Crippen LogP contribution in [-0.4, -0.2) is 32.3 Å². The zero-order valence-electron chi connectivity index (χ0n) is 15.4. The fourth-order valence-electron chi connectivity index (χ4n) is 2.89. The van der Waals surface area contributed by atoms with Gasteiger partial charge in [0.15, 0.2) is 6.61 Å². The van der Waals surface area contributed by atoms with E-state index in [1.807, 2.05) is 39.0 Å². The molecule has 4 nitrogen and oxygen atoms in total. The molecule has 0 unspecified atom stereocenters. The van der Waals surface area contributed by atoms with Crippen LogP contribution in [0.4, 0.5) is 5.69 Å². The van der Waals surface area contributed by atoms with Crippen molar-refractivity contribution in [2.45, 2.75) is 26.8 Å². The maximum absolute atomic E-state index is 13.0. The standard InChI is InChI=1S/C20H23Cl2NO3/c1-13-6-5-7-14(2)20(13)23(15(3)11-25-4)19(24)12-26-18-9-8-16(21)10-17(18)22/h5-10,15H,11-12H2,1-4H3/t15-/m0/s1. The Hall–Kier alpha value is -1.75. The van der Waals surface area contributed by atoms with Crippen LogP contribution in [0.2, 0.25) is 10.0 Å². The van der Waals surface area contributed by atoms with E-state index in [0.717, 1.165) is 16.8 Å². The van der Waals surface area contributed by atoms with Crippen molar-refractivity contribution in [1.29, 1.82) is 0 Å². The first-order valence-electron chi connectivity index (χ1n) is 8.30. The fraction of sp³-hybridized carbons (Fsp3) is 0.350. The van der Waals surface area contributed by atoms with Crippen molar-refractivity contribution >= 4 is 34.8 Å². The van der Waals surface area contributed by atoms with E-state index < -0.39 is 0 Å². The van der Waals surface area contributed by atoms with E-state index in [4.69, 9.17) is 32.7 Å². The van der Waals surface area contributed by atoms with Crippen LogP contribution in [0.15, 0.2) is 36.4 Å². The number of halogens is 2. The molecule has 0 heterocycles. The van der Waals surface area contributed by atoms with Gasteiger partial charge in [-0.25, -0.2) is 0 Å². The third-order valence-electron chi connectivity index (χ3n) is 4.04. The second-order valence-corrected chi connectivity index (χ2v) is 7.02. The highest BCUT2D eigenvalue weighted by Crippen LogP contribution is 2.29. The van der Waals surface area contributed by atoms with Crippen molar-refractivity contribution < 1.29 is 14.3 Å². The third kappa shape index (κ3) is 4.91. The van der Waals surface area contributed by atoms with E-state index in [9.17, 15) is 4.79 Å². The number of amides is 1. The summed E-state index contributed by atoms with van der Waals surface area (Å²) in [4.78, 5) is 14.7. The highest BCUT2D eigenvalue weighted by Gasteiger charge is 2.25. The number of aryl methyl sites for hydroxylation is 2. The van der Waals surface area contributed by atoms with Gasteiger partial charge in [0.05, 0.1) is 17.7 Å². The molecule has 2 rings (SSSR count). The van der Waals surface area contributed by atoms with Gasteiger partial charge in [-0.15, -0.1) is 0 Å². The predicted molar refractivity (Wildman–Crippen MR) is 107 cm³/mol. The number of nitrogens with zero attached hydrogens (tertiary/aromatic N) is 1. The highest BCUT2D eigenvalue weighted by molar-refractivity contribution is 6.35. The van der Waals surface area contributed by atoms with Crippen molar-refractivity contribution in [2.75, 3.05) is 25.2 Å². The van der Waals surface area contributed by atoms with Crippen molar-refractivity contribution in [1.82, 2.24) is 0 Å². The van der Waals surface area contributed by atoms with Crippen molar-refractivity contribution in [3.8, 4) is 5.75 Å². The van der Waals surface area contributed by atoms with Crippen LogP contribution in [0.1, 0.15) is 18.1 Å². The monoisotopic (exact) mass is 395 g/mol. The average molecular weight is 396 g/mol. The first kappa shape index (κ1) is 20.6. The molecular weight excluding hydrogens is 373 g/mol. The maximum Gasteiger partial charge on any atom is 0.265 e. The van der Waals surface area contributed by atoms with Gasteiger partial charge in [0.25, 0.3) is 5.91 Å². The van der Waals surface area contributed by atoms with Crippen molar-refractivity contribution in [3.63, 3.8) is 0 Å². The molecule has 0 aromatic heterocycles. The topological polar surface area (TPSA) is 38.8 Å². The predicted octanol–water partition coefficient (Wildman–Crippen LogP) is 5.06. The summed E-state index contributed by atoms with van der Waals surface area (Å²) >= 11 is 12.0. The van der Waals surface area contributed by atoms with E-state index >= 15 is 0 Å². The minimum Gasteiger partial charge on any atom is -0.482 e. The Labute approximate surface area is 164 Å². The van der Waals surface area contributed by atoms with Crippen LogP contribution in [0.3, 0.4) is 0 Å². The summed E-state index contributed by atoms with van der Waals surface area (Å²) in [6, 6.07) is 10.7. The zero-order valence-corrected chi connectivity index (χ0v) is 16.9. The summed E-state index contributed by atoms with van der Waals surface area (Å²) in [7, 11) is 1.62. The Kier molecular flexibility index (Phi) is 7.33. The van der Waals surface area contributed by atoms with Crippen LogP contribution in [-0.2, 0) is 9.53 Å². The number of ether oxygens (including phenoxy) is 2. The van der Waals surface area contributed by atoms with E-state index in [1.165, 1.54) is 0 Å². The molecule has 26 heavy (non-hydrogen) atoms. The number of benzene rings is 2. The van der Waals surface area contributed by atoms with Gasteiger partial charge in [0, 0.05) is 17.8 Å². The van der Waals surface area contributed by atoms with Gasteiger partial charge in [-0.1, -0.05) is 41.4 Å². The lowest BCUT2D eigenvalue weighted by molar-refractivity contribution is -0.121. The normalized spacial score (nSPS) is 11.9. The lowest BCUT2D eigenvalue weighted by Gasteiger charge is -2.31. The fourth-order valence-corrected chi connectivity index (χ4v) is 3.36. The van der Waals surface area contributed by atoms with Gasteiger partial charge < -0.3 is 14.4 Å². The summed E-state index contributed by atoms with van der Waals surface area (Å²) in [6.07, 6.45) is 0. The van der Waals surface area contributed by atoms with Crippen LogP contribution in [0.5, 0.6) is 5.75 Å². The molecule has 140 valence electrons. The second kappa shape index (κ2) is 9.26. The summed E-state index contributed by atoms with van der Waals surface area (Å²) in [6.45, 7) is 6.20. The Balaban J connectivity index is 2.26. The molecule has 2 aromatic carbocycles. The molecule has 1 atom stereocenters. The molecule has 0 bridgehead atoms. The number of hydrogen-bond donors (Lipinski definition) is 0. The summed E-state index contributed by atoms with van der Waals surface area (Å²) in [5.41, 5.74) is 2.92. The first-order chi connectivity index (χ1) is 12.3. The molecule has 6 heteroatoms. The zero-order chi connectivity index (χ0) is 19.3. The van der Waals surface area contributed by atoms with E-state index in [1.54, 1.807) is 30.2 Å². The van der Waals surface area contributed by atoms with Crippen molar-refractivity contribution in [2.24, 2.45) is 0 Å². The minimum absolute atomic E-state index is 0.136. The van der Waals surface area contributed by atoms with E-state index in [0.29, 0.717) is 22.4 Å². The molecular formula is C20H23Cl2NO3. The Morgan fingerprint density at radius 3 is 2.38 bits per heavy atom. The lowest BCUT2D eigenvalue weighted by atomic mass is 10.1. The first-order valence-corrected chi connectivity index (χ1v) is 9.05. The Morgan fingerprint density at radius 2 is 1.81 bits per heavy atom. The maximum atomic E-state index is 13.0. The molecule has 0 aliphatic carbocycles. The summed E-state index contributed by atoms with van der Waals surface area (Å²) < 4.78 is 10.9. The third-order valence-corrected chi connectivity index (χ3v) is 4.57. The van der Waals surface area contributed by atoms with Crippen molar-refractivity contribution in [3.05, 3.63) is 57.6 Å². The largest absolute Gasteiger partial charge is 0.482 e. The number of hydrogen-bond acceptors (Lipinski definition) is 3. The van der Waals surface area contributed by atoms with Gasteiger partial charge >= 0.3 is 0 Å². The van der Waals surface area contributed by atoms with Gasteiger partial charge in [0.2, 0.25) is 0 Å². The van der Waals surface area contributed by atoms with Gasteiger partial charge in [0.1, 0.15) is 5.75 Å². The Bertz CT molecular complexity index is 759. The molecule has 0 radical (unpaired) electrons. The van der Waals surface area contributed by atoms with Crippen LogP contribution >= 0.6 is 23.2 Å². The second-order valence-electron chi connectivity index (χ2n) is 6.17. The molecule has 0 N–H and O–H groups in total. The van der Waals surface area contributed by atoms with Gasteiger partial charge in [-0.3, -0.25) is 4.79 Å². The van der Waals surface area contributed by atoms with E-state index in [2.05, 4.69) is 0 Å². The molecule has 0 saturated carbocycles. The average Bonchev–Trinajstić information content (AvgIpc) is 2.57. The van der Waals surface area contributed by atoms with Crippen LogP contribution in [0.25, 0.3) is 0 Å². The van der Waals surface area contributed by atoms with E-state index in [-0.39, 0.29) is 18.6 Å². The molecule has 1 amide bonds. The number of methoxy groups -OCH3 is 1. The Morgan fingerprint density at radius 1 is 1.15 bits per heavy atom. The smallest absolute Gasteiger partial charge is 0.265 e. The van der Waals surface area contributed by atoms with Crippen LogP contribution < -0.4 is 9.64 Å². The number of para-hydroxylation sites is 1. The van der Waals surface area contributed by atoms with Gasteiger partial charge in [-0.2, -0.15) is 0 Å².